The predicted octanol–water partition coefficient (Wildman–Crippen LogP) is 1.77. The first-order chi connectivity index (χ1) is 5.86. The highest BCUT2D eigenvalue weighted by molar-refractivity contribution is 5.73. The van der Waals surface area contributed by atoms with E-state index >= 15 is 0 Å². The Bertz CT molecular complexity index is 330. The molecule has 0 atom stereocenters. The molecule has 0 radical (unpaired) electrons. The normalized spacial score (nSPS) is 9.58. The average molecular weight is 157 g/mol. The molecular weight excluding hydrogens is 150 g/mol. The van der Waals surface area contributed by atoms with Gasteiger partial charge in [0.05, 0.1) is 11.6 Å². The van der Waals surface area contributed by atoms with Crippen molar-refractivity contribution in [3.8, 4) is 6.07 Å². The van der Waals surface area contributed by atoms with Crippen molar-refractivity contribution in [3.05, 3.63) is 41.5 Å². The van der Waals surface area contributed by atoms with Gasteiger partial charge in [0, 0.05) is 0 Å². The Morgan fingerprint density at radius 3 is 2.42 bits per heavy atom. The van der Waals surface area contributed by atoms with Crippen molar-refractivity contribution in [1.29, 1.82) is 5.26 Å². The van der Waals surface area contributed by atoms with Gasteiger partial charge in [-0.2, -0.15) is 5.26 Å². The van der Waals surface area contributed by atoms with Crippen LogP contribution in [0.2, 0.25) is 0 Å². The Hall–Kier alpha value is -1.88. The molecule has 1 aromatic rings. The Balaban J connectivity index is 2.86. The van der Waals surface area contributed by atoms with Crippen LogP contribution in [-0.2, 0) is 4.79 Å². The summed E-state index contributed by atoms with van der Waals surface area (Å²) in [4.78, 5) is 9.96. The lowest BCUT2D eigenvalue weighted by molar-refractivity contribution is -0.104. The quantitative estimate of drug-likeness (QED) is 0.485. The number of hydrogen-bond acceptors (Lipinski definition) is 2. The summed E-state index contributed by atoms with van der Waals surface area (Å²) in [6.07, 6.45) is 3.83. The van der Waals surface area contributed by atoms with Gasteiger partial charge in [0.15, 0.2) is 0 Å². The molecule has 0 aromatic heterocycles. The molecule has 0 amide bonds. The third-order valence-electron chi connectivity index (χ3n) is 1.41. The van der Waals surface area contributed by atoms with Crippen molar-refractivity contribution < 1.29 is 4.79 Å². The highest BCUT2D eigenvalue weighted by Gasteiger charge is 1.87. The first kappa shape index (κ1) is 8.22. The van der Waals surface area contributed by atoms with E-state index in [4.69, 9.17) is 5.26 Å². The molecule has 0 saturated carbocycles. The van der Waals surface area contributed by atoms with Crippen LogP contribution in [0.5, 0.6) is 0 Å². The smallest absolute Gasteiger partial charge is 0.142 e. The van der Waals surface area contributed by atoms with Gasteiger partial charge in [-0.1, -0.05) is 18.2 Å². The van der Waals surface area contributed by atoms with Crippen LogP contribution in [-0.4, -0.2) is 6.29 Å². The fourth-order valence-corrected chi connectivity index (χ4v) is 0.819. The molecule has 0 aliphatic heterocycles. The third-order valence-corrected chi connectivity index (χ3v) is 1.41. The molecular formula is C10H7NO. The maximum Gasteiger partial charge on any atom is 0.142 e. The molecule has 0 aliphatic rings. The maximum absolute atomic E-state index is 9.96. The Morgan fingerprint density at radius 1 is 1.25 bits per heavy atom. The van der Waals surface area contributed by atoms with E-state index in [9.17, 15) is 4.79 Å². The molecule has 0 saturated heterocycles. The molecule has 0 fully saturated rings. The topological polar surface area (TPSA) is 40.9 Å². The number of allylic oxidation sites excluding steroid dienone is 1. The highest BCUT2D eigenvalue weighted by Crippen LogP contribution is 2.04. The molecule has 0 N–H and O–H groups in total. The zero-order chi connectivity index (χ0) is 8.81. The van der Waals surface area contributed by atoms with Crippen LogP contribution in [0.15, 0.2) is 30.3 Å². The van der Waals surface area contributed by atoms with Crippen LogP contribution >= 0.6 is 0 Å². The van der Waals surface area contributed by atoms with Gasteiger partial charge in [-0.3, -0.25) is 4.79 Å². The van der Waals surface area contributed by atoms with Gasteiger partial charge in [0.1, 0.15) is 6.29 Å². The molecule has 0 aliphatic carbocycles. The summed E-state index contributed by atoms with van der Waals surface area (Å²) in [5, 5.41) is 8.48. The van der Waals surface area contributed by atoms with Crippen molar-refractivity contribution in [3.63, 3.8) is 0 Å². The summed E-state index contributed by atoms with van der Waals surface area (Å²) in [5.74, 6) is 0. The van der Waals surface area contributed by atoms with Gasteiger partial charge < -0.3 is 0 Å². The van der Waals surface area contributed by atoms with Crippen molar-refractivity contribution in [2.75, 3.05) is 0 Å². The van der Waals surface area contributed by atoms with Crippen molar-refractivity contribution in [2.45, 2.75) is 0 Å². The first-order valence-electron chi connectivity index (χ1n) is 3.49. The van der Waals surface area contributed by atoms with Crippen LogP contribution in [0, 0.1) is 11.3 Å². The van der Waals surface area contributed by atoms with E-state index in [1.165, 1.54) is 6.08 Å². The van der Waals surface area contributed by atoms with Crippen LogP contribution < -0.4 is 0 Å². The lowest BCUT2D eigenvalue weighted by Gasteiger charge is -1.90. The lowest BCUT2D eigenvalue weighted by Crippen LogP contribution is -1.74. The molecule has 0 spiro atoms. The number of aldehydes is 1. The Morgan fingerprint density at radius 2 is 1.92 bits per heavy atom. The number of rotatable bonds is 2. The van der Waals surface area contributed by atoms with E-state index in [0.717, 1.165) is 11.8 Å². The Kier molecular flexibility index (Phi) is 2.80. The number of carbonyl (C=O) groups excluding carboxylic acids is 1. The molecule has 1 aromatic carbocycles. The molecule has 1 rings (SSSR count). The Labute approximate surface area is 70.8 Å². The summed E-state index contributed by atoms with van der Waals surface area (Å²) in [6, 6.07) is 9.02. The van der Waals surface area contributed by atoms with Gasteiger partial charge >= 0.3 is 0 Å². The molecule has 2 heteroatoms. The minimum atomic E-state index is 0.623. The van der Waals surface area contributed by atoms with Gasteiger partial charge in [-0.15, -0.1) is 0 Å². The van der Waals surface area contributed by atoms with E-state index < -0.39 is 0 Å². The van der Waals surface area contributed by atoms with Crippen molar-refractivity contribution >= 4 is 12.4 Å². The minimum Gasteiger partial charge on any atom is -0.299 e. The maximum atomic E-state index is 9.96. The van der Waals surface area contributed by atoms with Crippen LogP contribution in [0.4, 0.5) is 0 Å². The summed E-state index contributed by atoms with van der Waals surface area (Å²) in [6.45, 7) is 0. The molecule has 2 nitrogen and oxygen atoms in total. The lowest BCUT2D eigenvalue weighted by atomic mass is 10.1. The second kappa shape index (κ2) is 4.09. The van der Waals surface area contributed by atoms with Crippen LogP contribution in [0.1, 0.15) is 11.1 Å². The largest absolute Gasteiger partial charge is 0.299 e. The summed E-state index contributed by atoms with van der Waals surface area (Å²) in [7, 11) is 0. The molecule has 58 valence electrons. The van der Waals surface area contributed by atoms with Gasteiger partial charge in [0.2, 0.25) is 0 Å². The number of benzene rings is 1. The standard InChI is InChI=1S/C10H7NO/c11-8-10-5-3-9(4-6-10)2-1-7-12/h1-7H. The third kappa shape index (κ3) is 2.06. The summed E-state index contributed by atoms with van der Waals surface area (Å²) in [5.41, 5.74) is 1.54. The number of nitriles is 1. The monoisotopic (exact) mass is 157 g/mol. The fraction of sp³-hybridized carbons (Fsp3) is 0. The zero-order valence-electron chi connectivity index (χ0n) is 6.40. The van der Waals surface area contributed by atoms with E-state index in [2.05, 4.69) is 0 Å². The highest BCUT2D eigenvalue weighted by atomic mass is 16.1. The van der Waals surface area contributed by atoms with E-state index in [-0.39, 0.29) is 0 Å². The zero-order valence-corrected chi connectivity index (χ0v) is 6.40. The van der Waals surface area contributed by atoms with Gasteiger partial charge in [0.25, 0.3) is 0 Å². The number of carbonyl (C=O) groups is 1. The SMILES string of the molecule is N#Cc1ccc(C=CC=O)cc1. The molecule has 0 unspecified atom stereocenters. The molecule has 12 heavy (non-hydrogen) atoms. The first-order valence-corrected chi connectivity index (χ1v) is 3.49. The summed E-state index contributed by atoms with van der Waals surface area (Å²) >= 11 is 0. The predicted molar refractivity (Wildman–Crippen MR) is 46.3 cm³/mol. The van der Waals surface area contributed by atoms with Gasteiger partial charge in [-0.25, -0.2) is 0 Å². The van der Waals surface area contributed by atoms with E-state index in [0.29, 0.717) is 5.56 Å². The summed E-state index contributed by atoms with van der Waals surface area (Å²) < 4.78 is 0. The van der Waals surface area contributed by atoms with E-state index in [1.54, 1.807) is 30.3 Å². The van der Waals surface area contributed by atoms with E-state index in [1.807, 2.05) is 6.07 Å². The molecule has 0 bridgehead atoms. The van der Waals surface area contributed by atoms with Crippen molar-refractivity contribution in [1.82, 2.24) is 0 Å². The van der Waals surface area contributed by atoms with Crippen LogP contribution in [0.25, 0.3) is 6.08 Å². The van der Waals surface area contributed by atoms with Gasteiger partial charge in [-0.05, 0) is 23.8 Å². The second-order valence-corrected chi connectivity index (χ2v) is 2.23. The minimum absolute atomic E-state index is 0.623. The van der Waals surface area contributed by atoms with Crippen LogP contribution in [0.3, 0.4) is 0 Å². The second-order valence-electron chi connectivity index (χ2n) is 2.23. The number of hydrogen-bond donors (Lipinski definition) is 0. The van der Waals surface area contributed by atoms with Crippen molar-refractivity contribution in [2.24, 2.45) is 0 Å². The fourth-order valence-electron chi connectivity index (χ4n) is 0.819. The molecule has 0 heterocycles. The number of nitrogens with zero attached hydrogens (tertiary/aromatic N) is 1. The average Bonchev–Trinajstić information content (AvgIpc) is 2.15.